The van der Waals surface area contributed by atoms with E-state index in [4.69, 9.17) is 5.26 Å². The van der Waals surface area contributed by atoms with Crippen LogP contribution >= 0.6 is 0 Å². The molecule has 20 heavy (non-hydrogen) atoms. The second-order valence-corrected chi connectivity index (χ2v) is 6.18. The molecule has 0 aliphatic heterocycles. The molecule has 0 radical (unpaired) electrons. The number of nitrogens with zero attached hydrogens (tertiary/aromatic N) is 2. The Bertz CT molecular complexity index is 551. The third-order valence-electron chi connectivity index (χ3n) is 4.02. The topological polar surface area (TPSA) is 79.0 Å². The molecule has 5 nitrogen and oxygen atoms in total. The van der Waals surface area contributed by atoms with Crippen LogP contribution in [0.4, 0.5) is 11.4 Å². The van der Waals surface area contributed by atoms with Crippen LogP contribution in [-0.2, 0) is 0 Å². The highest BCUT2D eigenvalue weighted by Gasteiger charge is 2.27. The molecule has 0 saturated heterocycles. The normalized spacial score (nSPS) is 18.2. The van der Waals surface area contributed by atoms with Crippen LogP contribution in [0.2, 0.25) is 0 Å². The highest BCUT2D eigenvalue weighted by molar-refractivity contribution is 5.59. The van der Waals surface area contributed by atoms with Crippen LogP contribution in [0, 0.1) is 26.9 Å². The first-order chi connectivity index (χ1) is 9.41. The van der Waals surface area contributed by atoms with Crippen molar-refractivity contribution >= 4 is 11.4 Å². The summed E-state index contributed by atoms with van der Waals surface area (Å²) in [4.78, 5) is 10.4. The van der Waals surface area contributed by atoms with Gasteiger partial charge in [0.05, 0.1) is 4.92 Å². The molecule has 5 heteroatoms. The minimum Gasteiger partial charge on any atom is -0.382 e. The standard InChI is InChI=1S/C15H19N3O2/c1-15(2)7-5-12(6-8-15)17-13-4-3-11(10-16)14(9-13)18(19)20/h3-4,9,12,17H,5-8H2,1-2H3. The first kappa shape index (κ1) is 14.3. The molecular weight excluding hydrogens is 254 g/mol. The van der Waals surface area contributed by atoms with Crippen molar-refractivity contribution in [3.63, 3.8) is 0 Å². The minimum absolute atomic E-state index is 0.102. The second-order valence-electron chi connectivity index (χ2n) is 6.18. The smallest absolute Gasteiger partial charge is 0.289 e. The van der Waals surface area contributed by atoms with Crippen LogP contribution in [-0.4, -0.2) is 11.0 Å². The third-order valence-corrected chi connectivity index (χ3v) is 4.02. The fourth-order valence-electron chi connectivity index (χ4n) is 2.65. The molecule has 1 aliphatic rings. The average Bonchev–Trinajstić information content (AvgIpc) is 2.41. The lowest BCUT2D eigenvalue weighted by Crippen LogP contribution is -2.29. The van der Waals surface area contributed by atoms with Crippen LogP contribution in [0.15, 0.2) is 18.2 Å². The molecule has 1 aromatic rings. The molecular formula is C15H19N3O2. The van der Waals surface area contributed by atoms with Crippen LogP contribution in [0.3, 0.4) is 0 Å². The van der Waals surface area contributed by atoms with Crippen molar-refractivity contribution in [2.24, 2.45) is 5.41 Å². The van der Waals surface area contributed by atoms with E-state index in [0.29, 0.717) is 11.5 Å². The largest absolute Gasteiger partial charge is 0.382 e. The Hall–Kier alpha value is -2.09. The zero-order valence-corrected chi connectivity index (χ0v) is 11.8. The summed E-state index contributed by atoms with van der Waals surface area (Å²) in [5, 5.41) is 23.2. The number of nitriles is 1. The summed E-state index contributed by atoms with van der Waals surface area (Å²) in [6.07, 6.45) is 4.45. The number of hydrogen-bond donors (Lipinski definition) is 1. The first-order valence-electron chi connectivity index (χ1n) is 6.86. The molecule has 0 atom stereocenters. The maximum absolute atomic E-state index is 10.9. The van der Waals surface area contributed by atoms with E-state index in [9.17, 15) is 10.1 Å². The molecule has 1 N–H and O–H groups in total. The van der Waals surface area contributed by atoms with Gasteiger partial charge in [0, 0.05) is 17.8 Å². The number of benzene rings is 1. The number of nitro benzene ring substituents is 1. The van der Waals surface area contributed by atoms with Crippen molar-refractivity contribution in [2.45, 2.75) is 45.6 Å². The van der Waals surface area contributed by atoms with Gasteiger partial charge in [-0.2, -0.15) is 5.26 Å². The van der Waals surface area contributed by atoms with E-state index in [-0.39, 0.29) is 11.3 Å². The second kappa shape index (κ2) is 5.49. The highest BCUT2D eigenvalue weighted by atomic mass is 16.6. The summed E-state index contributed by atoms with van der Waals surface area (Å²) in [5.41, 5.74) is 1.09. The summed E-state index contributed by atoms with van der Waals surface area (Å²) >= 11 is 0. The van der Waals surface area contributed by atoms with Crippen LogP contribution in [0.25, 0.3) is 0 Å². The third kappa shape index (κ3) is 3.27. The maximum atomic E-state index is 10.9. The van der Waals surface area contributed by atoms with E-state index >= 15 is 0 Å². The minimum atomic E-state index is -0.506. The zero-order chi connectivity index (χ0) is 14.8. The molecule has 0 aromatic heterocycles. The molecule has 0 unspecified atom stereocenters. The lowest BCUT2D eigenvalue weighted by Gasteiger charge is -2.35. The molecule has 2 rings (SSSR count). The highest BCUT2D eigenvalue weighted by Crippen LogP contribution is 2.36. The molecule has 0 spiro atoms. The van der Waals surface area contributed by atoms with Crippen LogP contribution in [0.1, 0.15) is 45.1 Å². The van der Waals surface area contributed by atoms with E-state index < -0.39 is 4.92 Å². The Balaban J connectivity index is 2.09. The average molecular weight is 273 g/mol. The Kier molecular flexibility index (Phi) is 3.93. The van der Waals surface area contributed by atoms with E-state index in [2.05, 4.69) is 19.2 Å². The lowest BCUT2D eigenvalue weighted by atomic mass is 9.75. The molecule has 0 bridgehead atoms. The molecule has 1 aliphatic carbocycles. The molecule has 1 saturated carbocycles. The van der Waals surface area contributed by atoms with Gasteiger partial charge in [-0.15, -0.1) is 0 Å². The van der Waals surface area contributed by atoms with Gasteiger partial charge in [0.1, 0.15) is 11.6 Å². The fraction of sp³-hybridized carbons (Fsp3) is 0.533. The predicted molar refractivity (Wildman–Crippen MR) is 77.5 cm³/mol. The van der Waals surface area contributed by atoms with Crippen molar-refractivity contribution in [3.05, 3.63) is 33.9 Å². The molecule has 106 valence electrons. The van der Waals surface area contributed by atoms with Gasteiger partial charge < -0.3 is 5.32 Å². The number of nitro groups is 1. The van der Waals surface area contributed by atoms with Gasteiger partial charge in [0.15, 0.2) is 0 Å². The van der Waals surface area contributed by atoms with E-state index in [1.54, 1.807) is 6.07 Å². The quantitative estimate of drug-likeness (QED) is 0.670. The number of rotatable bonds is 3. The van der Waals surface area contributed by atoms with Crippen molar-refractivity contribution in [1.82, 2.24) is 0 Å². The molecule has 0 heterocycles. The van der Waals surface area contributed by atoms with E-state index in [1.807, 2.05) is 6.07 Å². The van der Waals surface area contributed by atoms with Crippen molar-refractivity contribution in [3.8, 4) is 6.07 Å². The number of nitrogens with one attached hydrogen (secondary N) is 1. The fourth-order valence-corrected chi connectivity index (χ4v) is 2.65. The number of anilines is 1. The van der Waals surface area contributed by atoms with Gasteiger partial charge >= 0.3 is 0 Å². The molecule has 0 amide bonds. The Morgan fingerprint density at radius 1 is 1.40 bits per heavy atom. The lowest BCUT2D eigenvalue weighted by molar-refractivity contribution is -0.385. The van der Waals surface area contributed by atoms with E-state index in [1.165, 1.54) is 12.1 Å². The van der Waals surface area contributed by atoms with Gasteiger partial charge in [-0.25, -0.2) is 0 Å². The van der Waals surface area contributed by atoms with Gasteiger partial charge in [-0.1, -0.05) is 13.8 Å². The van der Waals surface area contributed by atoms with Crippen LogP contribution < -0.4 is 5.32 Å². The Morgan fingerprint density at radius 3 is 2.60 bits per heavy atom. The van der Waals surface area contributed by atoms with Crippen molar-refractivity contribution in [1.29, 1.82) is 5.26 Å². The van der Waals surface area contributed by atoms with Gasteiger partial charge in [0.25, 0.3) is 5.69 Å². The molecule has 1 fully saturated rings. The Labute approximate surface area is 118 Å². The summed E-state index contributed by atoms with van der Waals surface area (Å²) in [5.74, 6) is 0. The molecule has 1 aromatic carbocycles. The summed E-state index contributed by atoms with van der Waals surface area (Å²) in [6, 6.07) is 6.91. The maximum Gasteiger partial charge on any atom is 0.289 e. The number of hydrogen-bond acceptors (Lipinski definition) is 4. The Morgan fingerprint density at radius 2 is 2.05 bits per heavy atom. The zero-order valence-electron chi connectivity index (χ0n) is 11.8. The van der Waals surface area contributed by atoms with Crippen molar-refractivity contribution < 1.29 is 4.92 Å². The SMILES string of the molecule is CC1(C)CCC(Nc2ccc(C#N)c([N+](=O)[O-])c2)CC1. The monoisotopic (exact) mass is 273 g/mol. The van der Waals surface area contributed by atoms with Gasteiger partial charge in [-0.3, -0.25) is 10.1 Å². The van der Waals surface area contributed by atoms with Crippen molar-refractivity contribution in [2.75, 3.05) is 5.32 Å². The summed E-state index contributed by atoms with van der Waals surface area (Å²) in [7, 11) is 0. The summed E-state index contributed by atoms with van der Waals surface area (Å²) < 4.78 is 0. The van der Waals surface area contributed by atoms with Crippen LogP contribution in [0.5, 0.6) is 0 Å². The van der Waals surface area contributed by atoms with Gasteiger partial charge in [0.2, 0.25) is 0 Å². The first-order valence-corrected chi connectivity index (χ1v) is 6.86. The predicted octanol–water partition coefficient (Wildman–Crippen LogP) is 3.85. The summed E-state index contributed by atoms with van der Waals surface area (Å²) in [6.45, 7) is 4.55. The van der Waals surface area contributed by atoms with Gasteiger partial charge in [-0.05, 0) is 43.2 Å². The van der Waals surface area contributed by atoms with E-state index in [0.717, 1.165) is 31.4 Å².